The Kier molecular flexibility index (Phi) is 29.8. The van der Waals surface area contributed by atoms with Crippen LogP contribution in [0.25, 0.3) is 0 Å². The topological polar surface area (TPSA) is 105 Å². The summed E-state index contributed by atoms with van der Waals surface area (Å²) in [5.41, 5.74) is 0. The van der Waals surface area contributed by atoms with Crippen LogP contribution < -0.4 is 5.32 Å². The summed E-state index contributed by atoms with van der Waals surface area (Å²) in [5, 5.41) is 13.7. The third-order valence-electron chi connectivity index (χ3n) is 8.51. The molecule has 0 heterocycles. The van der Waals surface area contributed by atoms with Gasteiger partial charge in [-0.15, -0.1) is 0 Å². The van der Waals surface area contributed by atoms with Gasteiger partial charge in [0.05, 0.1) is 39.9 Å². The molecule has 274 valence electrons. The normalized spacial score (nSPS) is 14.8. The zero-order chi connectivity index (χ0) is 34.4. The van der Waals surface area contributed by atoms with Crippen LogP contribution in [0.2, 0.25) is 0 Å². The number of nitrogens with zero attached hydrogens (tertiary/aromatic N) is 1. The number of phosphoric ester groups is 1. The molecule has 0 saturated carbocycles. The summed E-state index contributed by atoms with van der Waals surface area (Å²) in [5.74, 6) is -0.179. The molecule has 0 fully saturated rings. The van der Waals surface area contributed by atoms with Crippen molar-refractivity contribution in [3.63, 3.8) is 0 Å². The van der Waals surface area contributed by atoms with Gasteiger partial charge in [-0.05, 0) is 19.3 Å². The maximum atomic E-state index is 12.8. The van der Waals surface area contributed by atoms with E-state index in [0.717, 1.165) is 38.5 Å². The van der Waals surface area contributed by atoms with Crippen molar-refractivity contribution in [1.29, 1.82) is 0 Å². The van der Waals surface area contributed by atoms with Gasteiger partial charge >= 0.3 is 7.82 Å². The highest BCUT2D eigenvalue weighted by molar-refractivity contribution is 7.47. The molecule has 3 atom stereocenters. The van der Waals surface area contributed by atoms with E-state index >= 15 is 0 Å². The Bertz CT molecular complexity index is 773. The number of carbonyl (C=O) groups is 1. The average Bonchev–Trinajstić information content (AvgIpc) is 2.99. The number of hydrogen-bond donors (Lipinski definition) is 3. The number of rotatable bonds is 34. The summed E-state index contributed by atoms with van der Waals surface area (Å²) < 4.78 is 23.4. The predicted octanol–water partition coefficient (Wildman–Crippen LogP) is 9.63. The quantitative estimate of drug-likeness (QED) is 0.0272. The first-order valence-electron chi connectivity index (χ1n) is 19.1. The Hall–Kier alpha value is -0.760. The molecule has 0 rings (SSSR count). The fourth-order valence-electron chi connectivity index (χ4n) is 5.39. The van der Waals surface area contributed by atoms with Crippen molar-refractivity contribution in [2.45, 2.75) is 180 Å². The van der Waals surface area contributed by atoms with Gasteiger partial charge in [0.25, 0.3) is 0 Å². The van der Waals surface area contributed by atoms with E-state index in [1.807, 2.05) is 27.2 Å². The molecular formula is C37H76N2O6P+. The van der Waals surface area contributed by atoms with Crippen molar-refractivity contribution >= 4 is 13.7 Å². The van der Waals surface area contributed by atoms with E-state index in [1.165, 1.54) is 109 Å². The second kappa shape index (κ2) is 30.3. The van der Waals surface area contributed by atoms with Gasteiger partial charge < -0.3 is 19.8 Å². The van der Waals surface area contributed by atoms with Crippen molar-refractivity contribution in [3.8, 4) is 0 Å². The summed E-state index contributed by atoms with van der Waals surface area (Å²) in [6.07, 6.45) is 31.2. The molecule has 0 aliphatic heterocycles. The maximum absolute atomic E-state index is 12.8. The van der Waals surface area contributed by atoms with Gasteiger partial charge in [-0.3, -0.25) is 13.8 Å². The lowest BCUT2D eigenvalue weighted by Crippen LogP contribution is -2.45. The van der Waals surface area contributed by atoms with Gasteiger partial charge in [0.15, 0.2) is 0 Å². The Labute approximate surface area is 284 Å². The summed E-state index contributed by atoms with van der Waals surface area (Å²) in [6.45, 7) is 4.78. The third-order valence-corrected chi connectivity index (χ3v) is 9.49. The van der Waals surface area contributed by atoms with E-state index < -0.39 is 20.0 Å². The first kappa shape index (κ1) is 45.2. The number of quaternary nitrogens is 1. The lowest BCUT2D eigenvalue weighted by molar-refractivity contribution is -0.870. The highest BCUT2D eigenvalue weighted by Crippen LogP contribution is 2.43. The number of likely N-dealkylation sites (N-methyl/N-ethyl adjacent to an activating group) is 1. The molecule has 8 nitrogen and oxygen atoms in total. The minimum Gasteiger partial charge on any atom is -0.387 e. The van der Waals surface area contributed by atoms with Crippen LogP contribution in [0.1, 0.15) is 168 Å². The zero-order valence-electron chi connectivity index (χ0n) is 30.8. The van der Waals surface area contributed by atoms with E-state index in [2.05, 4.69) is 19.2 Å². The number of amides is 1. The van der Waals surface area contributed by atoms with Crippen LogP contribution in [0.4, 0.5) is 0 Å². The van der Waals surface area contributed by atoms with Crippen molar-refractivity contribution in [1.82, 2.24) is 5.32 Å². The number of aliphatic hydroxyl groups excluding tert-OH is 1. The maximum Gasteiger partial charge on any atom is 0.472 e. The number of allylic oxidation sites excluding steroid dienone is 1. The number of unbranched alkanes of at least 4 members (excludes halogenated alkanes) is 21. The fraction of sp³-hybridized carbons (Fsp3) is 0.919. The summed E-state index contributed by atoms with van der Waals surface area (Å²) in [6, 6.07) is -0.837. The first-order valence-corrected chi connectivity index (χ1v) is 20.6. The SMILES string of the molecule is CCCCCCCCCCC/C=C/C(O)C(COP(=O)(O)OCC[N+](C)(C)C)NC(=O)CCCCCCCCCCCCCCC. The molecule has 9 heteroatoms. The monoisotopic (exact) mass is 676 g/mol. The molecule has 0 radical (unpaired) electrons. The molecular weight excluding hydrogens is 599 g/mol. The van der Waals surface area contributed by atoms with E-state index in [9.17, 15) is 19.4 Å². The lowest BCUT2D eigenvalue weighted by atomic mass is 10.0. The Morgan fingerprint density at radius 3 is 1.61 bits per heavy atom. The molecule has 0 bridgehead atoms. The van der Waals surface area contributed by atoms with Crippen LogP contribution >= 0.6 is 7.82 Å². The molecule has 0 aliphatic rings. The summed E-state index contributed by atoms with van der Waals surface area (Å²) in [7, 11) is 1.58. The Balaban J connectivity index is 4.52. The Morgan fingerprint density at radius 1 is 0.717 bits per heavy atom. The van der Waals surface area contributed by atoms with Crippen LogP contribution in [0.15, 0.2) is 12.2 Å². The highest BCUT2D eigenvalue weighted by Gasteiger charge is 2.27. The highest BCUT2D eigenvalue weighted by atomic mass is 31.2. The number of carbonyl (C=O) groups excluding carboxylic acids is 1. The van der Waals surface area contributed by atoms with Gasteiger partial charge in [-0.25, -0.2) is 4.57 Å². The smallest absolute Gasteiger partial charge is 0.387 e. The summed E-state index contributed by atoms with van der Waals surface area (Å²) in [4.78, 5) is 22.9. The average molecular weight is 676 g/mol. The number of hydrogen-bond acceptors (Lipinski definition) is 5. The van der Waals surface area contributed by atoms with E-state index in [0.29, 0.717) is 17.4 Å². The molecule has 0 aromatic carbocycles. The minimum atomic E-state index is -4.32. The van der Waals surface area contributed by atoms with Crippen LogP contribution in [-0.4, -0.2) is 73.4 Å². The van der Waals surface area contributed by atoms with E-state index in [-0.39, 0.29) is 19.1 Å². The second-order valence-electron chi connectivity index (χ2n) is 14.3. The summed E-state index contributed by atoms with van der Waals surface area (Å²) >= 11 is 0. The van der Waals surface area contributed by atoms with Crippen molar-refractivity contribution in [3.05, 3.63) is 12.2 Å². The molecule has 3 unspecified atom stereocenters. The number of phosphoric acid groups is 1. The molecule has 3 N–H and O–H groups in total. The second-order valence-corrected chi connectivity index (χ2v) is 15.8. The molecule has 0 aromatic heterocycles. The zero-order valence-corrected chi connectivity index (χ0v) is 31.7. The molecule has 0 saturated heterocycles. The standard InChI is InChI=1S/C37H75N2O6P/c1-6-8-10-12-14-16-18-19-21-23-25-27-29-31-37(41)38-35(34-45-46(42,43)44-33-32-39(3,4)5)36(40)30-28-26-24-22-20-17-15-13-11-9-7-2/h28,30,35-36,40H,6-27,29,31-34H2,1-5H3,(H-,38,41,42,43)/p+1/b30-28+. The molecule has 0 aromatic rings. The van der Waals surface area contributed by atoms with Crippen LogP contribution in [0.3, 0.4) is 0 Å². The largest absolute Gasteiger partial charge is 0.472 e. The van der Waals surface area contributed by atoms with Gasteiger partial charge in [0, 0.05) is 6.42 Å². The molecule has 46 heavy (non-hydrogen) atoms. The third kappa shape index (κ3) is 31.8. The molecule has 0 spiro atoms. The van der Waals surface area contributed by atoms with Gasteiger partial charge in [-0.1, -0.05) is 154 Å². The van der Waals surface area contributed by atoms with Crippen LogP contribution in [0, 0.1) is 0 Å². The molecule has 0 aliphatic carbocycles. The first-order chi connectivity index (χ1) is 22.0. The molecule has 1 amide bonds. The fourth-order valence-corrected chi connectivity index (χ4v) is 6.13. The lowest BCUT2D eigenvalue weighted by Gasteiger charge is -2.25. The van der Waals surface area contributed by atoms with Crippen molar-refractivity contribution < 1.29 is 32.9 Å². The van der Waals surface area contributed by atoms with E-state index in [1.54, 1.807) is 6.08 Å². The predicted molar refractivity (Wildman–Crippen MR) is 194 cm³/mol. The van der Waals surface area contributed by atoms with Gasteiger partial charge in [-0.2, -0.15) is 0 Å². The van der Waals surface area contributed by atoms with Crippen molar-refractivity contribution in [2.24, 2.45) is 0 Å². The minimum absolute atomic E-state index is 0.0640. The van der Waals surface area contributed by atoms with Crippen LogP contribution in [0.5, 0.6) is 0 Å². The van der Waals surface area contributed by atoms with Crippen LogP contribution in [-0.2, 0) is 18.4 Å². The van der Waals surface area contributed by atoms with Gasteiger partial charge in [0.2, 0.25) is 5.91 Å². The van der Waals surface area contributed by atoms with Crippen molar-refractivity contribution in [2.75, 3.05) is 40.9 Å². The number of nitrogens with one attached hydrogen (secondary N) is 1. The number of aliphatic hydroxyl groups is 1. The Morgan fingerprint density at radius 2 is 1.15 bits per heavy atom. The van der Waals surface area contributed by atoms with Gasteiger partial charge in [0.1, 0.15) is 13.2 Å². The van der Waals surface area contributed by atoms with E-state index in [4.69, 9.17) is 9.05 Å².